The Morgan fingerprint density at radius 3 is 2.72 bits per heavy atom. The van der Waals surface area contributed by atoms with Gasteiger partial charge in [-0.1, -0.05) is 41.4 Å². The first-order valence-corrected chi connectivity index (χ1v) is 11.0. The minimum atomic E-state index is -0.413. The lowest BCUT2D eigenvalue weighted by atomic mass is 10.0. The summed E-state index contributed by atoms with van der Waals surface area (Å²) in [4.78, 5) is 29.1. The topological polar surface area (TPSA) is 80.9 Å². The average Bonchev–Trinajstić information content (AvgIpc) is 3.37. The van der Waals surface area contributed by atoms with Gasteiger partial charge in [0.05, 0.1) is 33.3 Å². The van der Waals surface area contributed by atoms with Crippen molar-refractivity contribution < 1.29 is 18.7 Å². The Kier molecular flexibility index (Phi) is 6.41. The van der Waals surface area contributed by atoms with Crippen molar-refractivity contribution in [2.24, 2.45) is 4.99 Å². The van der Waals surface area contributed by atoms with E-state index in [1.165, 1.54) is 18.9 Å². The van der Waals surface area contributed by atoms with Gasteiger partial charge in [-0.25, -0.2) is 9.79 Å². The number of hydrogen-bond donors (Lipinski definition) is 1. The predicted molar refractivity (Wildman–Crippen MR) is 127 cm³/mol. The van der Waals surface area contributed by atoms with Crippen LogP contribution in [0.1, 0.15) is 21.7 Å². The van der Waals surface area contributed by atoms with Gasteiger partial charge in [0, 0.05) is 11.6 Å². The van der Waals surface area contributed by atoms with Crippen molar-refractivity contribution in [3.05, 3.63) is 80.4 Å². The van der Waals surface area contributed by atoms with Gasteiger partial charge >= 0.3 is 5.97 Å². The van der Waals surface area contributed by atoms with Gasteiger partial charge in [-0.05, 0) is 54.6 Å². The molecule has 1 aliphatic heterocycles. The van der Waals surface area contributed by atoms with Crippen LogP contribution in [0.5, 0.6) is 0 Å². The molecule has 6 nitrogen and oxygen atoms in total. The number of aliphatic imine (C=N–C) groups is 1. The predicted octanol–water partition coefficient (Wildman–Crippen LogP) is 6.24. The maximum atomic E-state index is 12.4. The van der Waals surface area contributed by atoms with E-state index in [0.29, 0.717) is 42.9 Å². The molecule has 32 heavy (non-hydrogen) atoms. The highest BCUT2D eigenvalue weighted by molar-refractivity contribution is 8.18. The number of furan rings is 1. The quantitative estimate of drug-likeness (QED) is 0.348. The number of carbonyl (C=O) groups is 2. The standard InChI is InChI=1S/C23H16Cl2N2O4S/c1-12-14(5-3-6-15(12)22(29)30-2)18-10-9-13(31-18)11-19-21(28)27-23(32-19)26-17-8-4-7-16(24)20(17)25/h3-11H,1-2H3,(H,26,27,28)/b19-11+. The van der Waals surface area contributed by atoms with Crippen LogP contribution in [0.2, 0.25) is 10.0 Å². The zero-order valence-corrected chi connectivity index (χ0v) is 19.3. The molecule has 1 N–H and O–H groups in total. The van der Waals surface area contributed by atoms with E-state index in [1.54, 1.807) is 48.5 Å². The first kappa shape index (κ1) is 22.2. The minimum Gasteiger partial charge on any atom is -0.465 e. The fourth-order valence-electron chi connectivity index (χ4n) is 3.11. The summed E-state index contributed by atoms with van der Waals surface area (Å²) in [6.07, 6.45) is 1.63. The molecule has 0 aliphatic carbocycles. The molecule has 1 aromatic heterocycles. The second-order valence-corrected chi connectivity index (χ2v) is 8.54. The molecule has 2 aromatic carbocycles. The molecule has 1 saturated heterocycles. The summed E-state index contributed by atoms with van der Waals surface area (Å²) in [6, 6.07) is 14.0. The Morgan fingerprint density at radius 1 is 1.16 bits per heavy atom. The monoisotopic (exact) mass is 486 g/mol. The number of amides is 1. The van der Waals surface area contributed by atoms with Gasteiger partial charge in [-0.2, -0.15) is 0 Å². The van der Waals surface area contributed by atoms with Crippen LogP contribution in [-0.4, -0.2) is 24.2 Å². The number of rotatable bonds is 4. The molecule has 1 fully saturated rings. The summed E-state index contributed by atoms with van der Waals surface area (Å²) in [5, 5.41) is 3.79. The van der Waals surface area contributed by atoms with E-state index in [-0.39, 0.29) is 5.91 Å². The van der Waals surface area contributed by atoms with E-state index in [1.807, 2.05) is 13.0 Å². The lowest BCUT2D eigenvalue weighted by molar-refractivity contribution is -0.115. The molecule has 9 heteroatoms. The third-order valence-corrected chi connectivity index (χ3v) is 6.43. The highest BCUT2D eigenvalue weighted by Gasteiger charge is 2.25. The van der Waals surface area contributed by atoms with Crippen molar-refractivity contribution >= 4 is 63.8 Å². The number of carbonyl (C=O) groups excluding carboxylic acids is 2. The first-order valence-electron chi connectivity index (χ1n) is 9.39. The molecule has 0 atom stereocenters. The molecule has 4 rings (SSSR count). The molecule has 2 heterocycles. The van der Waals surface area contributed by atoms with E-state index in [0.717, 1.165) is 11.1 Å². The van der Waals surface area contributed by atoms with Crippen molar-refractivity contribution in [1.82, 2.24) is 5.32 Å². The molecular weight excluding hydrogens is 471 g/mol. The number of amidine groups is 1. The van der Waals surface area contributed by atoms with Crippen molar-refractivity contribution in [2.45, 2.75) is 6.92 Å². The van der Waals surface area contributed by atoms with Crippen LogP contribution >= 0.6 is 35.0 Å². The summed E-state index contributed by atoms with van der Waals surface area (Å²) in [7, 11) is 1.34. The molecule has 0 saturated carbocycles. The Morgan fingerprint density at radius 2 is 1.94 bits per heavy atom. The number of thioether (sulfide) groups is 1. The maximum absolute atomic E-state index is 12.4. The van der Waals surface area contributed by atoms with Gasteiger partial charge in [-0.15, -0.1) is 0 Å². The molecular formula is C23H16Cl2N2O4S. The third-order valence-electron chi connectivity index (χ3n) is 4.71. The summed E-state index contributed by atoms with van der Waals surface area (Å²) < 4.78 is 10.7. The number of methoxy groups -OCH3 is 1. The Hall–Kier alpha value is -3.00. The van der Waals surface area contributed by atoms with Gasteiger partial charge in [0.1, 0.15) is 11.5 Å². The van der Waals surface area contributed by atoms with Crippen LogP contribution in [0, 0.1) is 6.92 Å². The van der Waals surface area contributed by atoms with Crippen molar-refractivity contribution in [3.8, 4) is 11.3 Å². The molecule has 3 aromatic rings. The van der Waals surface area contributed by atoms with Gasteiger partial charge < -0.3 is 14.5 Å². The fourth-order valence-corrected chi connectivity index (χ4v) is 4.26. The van der Waals surface area contributed by atoms with Crippen LogP contribution in [0.4, 0.5) is 5.69 Å². The minimum absolute atomic E-state index is 0.297. The van der Waals surface area contributed by atoms with E-state index >= 15 is 0 Å². The van der Waals surface area contributed by atoms with Gasteiger partial charge in [0.2, 0.25) is 0 Å². The smallest absolute Gasteiger partial charge is 0.338 e. The Balaban J connectivity index is 1.59. The van der Waals surface area contributed by atoms with E-state index < -0.39 is 5.97 Å². The van der Waals surface area contributed by atoms with Crippen molar-refractivity contribution in [3.63, 3.8) is 0 Å². The highest BCUT2D eigenvalue weighted by Crippen LogP contribution is 2.35. The molecule has 0 radical (unpaired) electrons. The van der Waals surface area contributed by atoms with Crippen LogP contribution in [0.25, 0.3) is 17.4 Å². The Labute approximate surface area is 198 Å². The number of benzene rings is 2. The molecule has 0 spiro atoms. The second-order valence-electron chi connectivity index (χ2n) is 6.73. The third kappa shape index (κ3) is 4.46. The maximum Gasteiger partial charge on any atom is 0.338 e. The number of hydrogen-bond acceptors (Lipinski definition) is 6. The number of ether oxygens (including phenoxy) is 1. The largest absolute Gasteiger partial charge is 0.465 e. The zero-order chi connectivity index (χ0) is 22.8. The van der Waals surface area contributed by atoms with Crippen LogP contribution in [0.15, 0.2) is 62.8 Å². The van der Waals surface area contributed by atoms with Crippen LogP contribution < -0.4 is 5.32 Å². The highest BCUT2D eigenvalue weighted by atomic mass is 35.5. The van der Waals surface area contributed by atoms with Crippen LogP contribution in [-0.2, 0) is 9.53 Å². The summed E-state index contributed by atoms with van der Waals surface area (Å²) in [5.74, 6) is 0.350. The summed E-state index contributed by atoms with van der Waals surface area (Å²) in [6.45, 7) is 1.83. The average molecular weight is 487 g/mol. The number of nitrogens with one attached hydrogen (secondary N) is 1. The SMILES string of the molecule is COC(=O)c1cccc(-c2ccc(/C=C3/SC(=Nc4cccc(Cl)c4Cl)NC3=O)o2)c1C. The number of esters is 1. The van der Waals surface area contributed by atoms with Gasteiger partial charge in [0.25, 0.3) is 5.91 Å². The van der Waals surface area contributed by atoms with Gasteiger partial charge in [-0.3, -0.25) is 4.79 Å². The van der Waals surface area contributed by atoms with E-state index in [4.69, 9.17) is 32.4 Å². The number of halogens is 2. The van der Waals surface area contributed by atoms with Crippen molar-refractivity contribution in [1.29, 1.82) is 0 Å². The fraction of sp³-hybridized carbons (Fsp3) is 0.0870. The lowest BCUT2D eigenvalue weighted by Gasteiger charge is -2.07. The first-order chi connectivity index (χ1) is 15.4. The Bertz CT molecular complexity index is 1300. The molecule has 1 aliphatic rings. The van der Waals surface area contributed by atoms with Crippen molar-refractivity contribution in [2.75, 3.05) is 7.11 Å². The molecule has 0 unspecified atom stereocenters. The van der Waals surface area contributed by atoms with Gasteiger partial charge in [0.15, 0.2) is 5.17 Å². The van der Waals surface area contributed by atoms with E-state index in [2.05, 4.69) is 10.3 Å². The molecule has 1 amide bonds. The van der Waals surface area contributed by atoms with Crippen LogP contribution in [0.3, 0.4) is 0 Å². The zero-order valence-electron chi connectivity index (χ0n) is 16.9. The normalized spacial score (nSPS) is 15.9. The molecule has 162 valence electrons. The van der Waals surface area contributed by atoms with E-state index in [9.17, 15) is 9.59 Å². The second kappa shape index (κ2) is 9.24. The molecule has 0 bridgehead atoms. The summed E-state index contributed by atoms with van der Waals surface area (Å²) in [5.41, 5.74) is 2.43. The lowest BCUT2D eigenvalue weighted by Crippen LogP contribution is -2.19. The summed E-state index contributed by atoms with van der Waals surface area (Å²) >= 11 is 13.4. The number of nitrogens with zero attached hydrogens (tertiary/aromatic N) is 1.